The van der Waals surface area contributed by atoms with Crippen LogP contribution in [0.3, 0.4) is 0 Å². The van der Waals surface area contributed by atoms with E-state index in [0.717, 1.165) is 17.5 Å². The lowest BCUT2D eigenvalue weighted by Crippen LogP contribution is -1.91. The van der Waals surface area contributed by atoms with Gasteiger partial charge in [0.1, 0.15) is 0 Å². The Morgan fingerprint density at radius 2 is 2.00 bits per heavy atom. The smallest absolute Gasteiger partial charge is 0.177 e. The Hall–Kier alpha value is -0.480. The molecule has 0 heterocycles. The molecule has 1 aromatic carbocycles. The van der Waals surface area contributed by atoms with E-state index in [-0.39, 0.29) is 4.50 Å². The minimum Gasteiger partial charge on any atom is -0.272 e. The first-order valence-electron chi connectivity index (χ1n) is 4.15. The first-order chi connectivity index (χ1) is 7.11. The van der Waals surface area contributed by atoms with Gasteiger partial charge in [-0.2, -0.15) is 0 Å². The Kier molecular flexibility index (Phi) is 5.19. The van der Waals surface area contributed by atoms with Crippen molar-refractivity contribution in [3.05, 3.63) is 47.1 Å². The molecular formula is C10H10Cl2N2S. The SMILES string of the molecule is C=C(Cc1ccc(Cl)cc1)N=C(Cl)SN. The van der Waals surface area contributed by atoms with Crippen LogP contribution < -0.4 is 5.14 Å². The van der Waals surface area contributed by atoms with Gasteiger partial charge in [-0.15, -0.1) is 0 Å². The molecule has 0 bridgehead atoms. The van der Waals surface area contributed by atoms with E-state index >= 15 is 0 Å². The Balaban J connectivity index is 2.63. The number of allylic oxidation sites excluding steroid dienone is 1. The molecule has 2 nitrogen and oxygen atoms in total. The molecule has 5 heteroatoms. The fourth-order valence-electron chi connectivity index (χ4n) is 1.03. The molecule has 0 aliphatic heterocycles. The summed E-state index contributed by atoms with van der Waals surface area (Å²) in [5.74, 6) is 0. The second-order valence-corrected chi connectivity index (χ2v) is 4.49. The Morgan fingerprint density at radius 3 is 2.53 bits per heavy atom. The van der Waals surface area contributed by atoms with Gasteiger partial charge in [0.15, 0.2) is 4.50 Å². The van der Waals surface area contributed by atoms with Crippen LogP contribution >= 0.6 is 35.1 Å². The van der Waals surface area contributed by atoms with Crippen LogP contribution in [0, 0.1) is 0 Å². The van der Waals surface area contributed by atoms with Gasteiger partial charge < -0.3 is 0 Å². The number of hydrogen-bond donors (Lipinski definition) is 1. The molecule has 0 fully saturated rings. The third kappa shape index (κ3) is 4.71. The van der Waals surface area contributed by atoms with Crippen molar-refractivity contribution in [2.45, 2.75) is 6.42 Å². The molecule has 0 aliphatic rings. The zero-order chi connectivity index (χ0) is 11.3. The highest BCUT2D eigenvalue weighted by molar-refractivity contribution is 8.14. The topological polar surface area (TPSA) is 38.4 Å². The van der Waals surface area contributed by atoms with Gasteiger partial charge in [-0.3, -0.25) is 5.14 Å². The minimum absolute atomic E-state index is 0.286. The van der Waals surface area contributed by atoms with E-state index in [9.17, 15) is 0 Å². The van der Waals surface area contributed by atoms with E-state index in [2.05, 4.69) is 11.6 Å². The van der Waals surface area contributed by atoms with Crippen LogP contribution in [0.5, 0.6) is 0 Å². The minimum atomic E-state index is 0.286. The van der Waals surface area contributed by atoms with Gasteiger partial charge in [-0.25, -0.2) is 4.99 Å². The van der Waals surface area contributed by atoms with Crippen LogP contribution in [0.4, 0.5) is 0 Å². The van der Waals surface area contributed by atoms with Gasteiger partial charge >= 0.3 is 0 Å². The van der Waals surface area contributed by atoms with E-state index < -0.39 is 0 Å². The normalized spacial score (nSPS) is 11.5. The lowest BCUT2D eigenvalue weighted by molar-refractivity contribution is 1.13. The molecule has 2 N–H and O–H groups in total. The quantitative estimate of drug-likeness (QED) is 0.513. The van der Waals surface area contributed by atoms with Gasteiger partial charge in [-0.1, -0.05) is 41.9 Å². The van der Waals surface area contributed by atoms with Crippen molar-refractivity contribution in [1.29, 1.82) is 0 Å². The molecule has 0 atom stereocenters. The molecule has 0 saturated heterocycles. The molecular weight excluding hydrogens is 251 g/mol. The lowest BCUT2D eigenvalue weighted by atomic mass is 10.1. The molecule has 0 amide bonds. The maximum Gasteiger partial charge on any atom is 0.177 e. The van der Waals surface area contributed by atoms with Crippen LogP contribution in [-0.4, -0.2) is 4.50 Å². The predicted molar refractivity (Wildman–Crippen MR) is 69.4 cm³/mol. The van der Waals surface area contributed by atoms with Gasteiger partial charge in [0.2, 0.25) is 0 Å². The van der Waals surface area contributed by atoms with E-state index in [1.165, 1.54) is 0 Å². The molecule has 0 unspecified atom stereocenters. The highest BCUT2D eigenvalue weighted by Gasteiger charge is 1.98. The highest BCUT2D eigenvalue weighted by atomic mass is 35.5. The zero-order valence-corrected chi connectivity index (χ0v) is 10.2. The summed E-state index contributed by atoms with van der Waals surface area (Å²) in [6, 6.07) is 7.50. The number of benzene rings is 1. The van der Waals surface area contributed by atoms with Crippen LogP contribution in [0.1, 0.15) is 5.56 Å². The highest BCUT2D eigenvalue weighted by Crippen LogP contribution is 2.14. The summed E-state index contributed by atoms with van der Waals surface area (Å²) >= 11 is 12.3. The molecule has 0 spiro atoms. The number of halogens is 2. The van der Waals surface area contributed by atoms with Crippen LogP contribution in [-0.2, 0) is 6.42 Å². The molecule has 80 valence electrons. The average molecular weight is 261 g/mol. The van der Waals surface area contributed by atoms with Gasteiger partial charge in [-0.05, 0) is 29.6 Å². The van der Waals surface area contributed by atoms with Crippen molar-refractivity contribution in [2.75, 3.05) is 0 Å². The van der Waals surface area contributed by atoms with Crippen molar-refractivity contribution >= 4 is 39.7 Å². The Morgan fingerprint density at radius 1 is 1.40 bits per heavy atom. The number of nitrogens with zero attached hydrogens (tertiary/aromatic N) is 1. The van der Waals surface area contributed by atoms with E-state index in [0.29, 0.717) is 17.1 Å². The number of hydrogen-bond acceptors (Lipinski definition) is 3. The summed E-state index contributed by atoms with van der Waals surface area (Å²) in [5.41, 5.74) is 1.75. The third-order valence-electron chi connectivity index (χ3n) is 1.66. The summed E-state index contributed by atoms with van der Waals surface area (Å²) in [6.45, 7) is 3.79. The second-order valence-electron chi connectivity index (χ2n) is 2.85. The van der Waals surface area contributed by atoms with Crippen molar-refractivity contribution < 1.29 is 0 Å². The van der Waals surface area contributed by atoms with Crippen molar-refractivity contribution in [3.8, 4) is 0 Å². The maximum atomic E-state index is 5.76. The Labute approximate surface area is 103 Å². The number of aliphatic imine (C=N–C) groups is 1. The van der Waals surface area contributed by atoms with Crippen LogP contribution in [0.15, 0.2) is 41.5 Å². The lowest BCUT2D eigenvalue weighted by Gasteiger charge is -2.01. The zero-order valence-electron chi connectivity index (χ0n) is 7.91. The van der Waals surface area contributed by atoms with Crippen molar-refractivity contribution in [2.24, 2.45) is 10.1 Å². The average Bonchev–Trinajstić information content (AvgIpc) is 2.21. The van der Waals surface area contributed by atoms with Crippen LogP contribution in [0.2, 0.25) is 5.02 Å². The predicted octanol–water partition coefficient (Wildman–Crippen LogP) is 3.60. The van der Waals surface area contributed by atoms with Crippen LogP contribution in [0.25, 0.3) is 0 Å². The maximum absolute atomic E-state index is 5.76. The summed E-state index contributed by atoms with van der Waals surface area (Å²) in [5, 5.41) is 5.94. The monoisotopic (exact) mass is 260 g/mol. The first-order valence-corrected chi connectivity index (χ1v) is 5.78. The van der Waals surface area contributed by atoms with E-state index in [1.54, 1.807) is 0 Å². The van der Waals surface area contributed by atoms with E-state index in [4.69, 9.17) is 28.3 Å². The van der Waals surface area contributed by atoms with Crippen molar-refractivity contribution in [1.82, 2.24) is 0 Å². The van der Waals surface area contributed by atoms with Gasteiger partial charge in [0.05, 0.1) is 0 Å². The third-order valence-corrected chi connectivity index (χ3v) is 2.55. The standard InChI is InChI=1S/C10H10Cl2N2S/c1-7(14-10(12)15-13)6-8-2-4-9(11)5-3-8/h2-5H,1,6,13H2. The molecule has 0 radical (unpaired) electrons. The summed E-state index contributed by atoms with van der Waals surface area (Å²) < 4.78 is 0.286. The second kappa shape index (κ2) is 6.18. The van der Waals surface area contributed by atoms with Gasteiger partial charge in [0.25, 0.3) is 0 Å². The first kappa shape index (κ1) is 12.6. The largest absolute Gasteiger partial charge is 0.272 e. The van der Waals surface area contributed by atoms with E-state index in [1.807, 2.05) is 24.3 Å². The van der Waals surface area contributed by atoms with Gasteiger partial charge in [0, 0.05) is 17.1 Å². The molecule has 15 heavy (non-hydrogen) atoms. The molecule has 0 aliphatic carbocycles. The molecule has 0 saturated carbocycles. The molecule has 0 aromatic heterocycles. The fraction of sp³-hybridized carbons (Fsp3) is 0.100. The summed E-state index contributed by atoms with van der Waals surface area (Å²) in [6.07, 6.45) is 0.633. The Bertz CT molecular complexity index is 374. The fourth-order valence-corrected chi connectivity index (χ4v) is 1.46. The summed E-state index contributed by atoms with van der Waals surface area (Å²) in [4.78, 5) is 4.01. The molecule has 1 aromatic rings. The number of rotatable bonds is 3. The molecule has 1 rings (SSSR count). The van der Waals surface area contributed by atoms with Crippen molar-refractivity contribution in [3.63, 3.8) is 0 Å². The number of nitrogens with two attached hydrogens (primary N) is 1. The summed E-state index contributed by atoms with van der Waals surface area (Å²) in [7, 11) is 0.